The van der Waals surface area contributed by atoms with Gasteiger partial charge in [0.05, 0.1) is 10.9 Å². The lowest BCUT2D eigenvalue weighted by Crippen LogP contribution is -2.19. The van der Waals surface area contributed by atoms with E-state index >= 15 is 0 Å². The van der Waals surface area contributed by atoms with E-state index in [1.165, 1.54) is 0 Å². The van der Waals surface area contributed by atoms with Crippen molar-refractivity contribution >= 4 is 22.5 Å². The first-order chi connectivity index (χ1) is 8.58. The van der Waals surface area contributed by atoms with E-state index in [-0.39, 0.29) is 15.4 Å². The number of aromatic nitrogens is 3. The maximum absolute atomic E-state index is 12.6. The summed E-state index contributed by atoms with van der Waals surface area (Å²) in [7, 11) is 0. The first-order valence-corrected chi connectivity index (χ1v) is 5.12. The van der Waals surface area contributed by atoms with Gasteiger partial charge in [-0.15, -0.1) is 0 Å². The highest BCUT2D eigenvalue weighted by atomic mass is 35.5. The summed E-state index contributed by atoms with van der Waals surface area (Å²) in [6.45, 7) is -1.64. The lowest BCUT2D eigenvalue weighted by Gasteiger charge is -2.07. The Labute approximate surface area is 106 Å². The molecule has 2 rings (SSSR count). The summed E-state index contributed by atoms with van der Waals surface area (Å²) in [6.07, 6.45) is -8.82. The van der Waals surface area contributed by atoms with Gasteiger partial charge in [0.2, 0.25) is 0 Å². The average molecular weight is 304 g/mol. The minimum Gasteiger partial charge on any atom is -0.255 e. The zero-order chi connectivity index (χ0) is 14.4. The van der Waals surface area contributed by atoms with Gasteiger partial charge in [0.1, 0.15) is 11.7 Å². The molecule has 0 saturated carbocycles. The first kappa shape index (κ1) is 13.9. The molecular formula is C9H4ClF6N3. The van der Waals surface area contributed by atoms with Crippen LogP contribution in [0.2, 0.25) is 5.15 Å². The molecule has 0 fully saturated rings. The molecule has 0 saturated heterocycles. The first-order valence-electron chi connectivity index (χ1n) is 4.74. The van der Waals surface area contributed by atoms with Gasteiger partial charge in [-0.2, -0.15) is 31.4 Å². The fraction of sp³-hybridized carbons (Fsp3) is 0.333. The van der Waals surface area contributed by atoms with Crippen molar-refractivity contribution < 1.29 is 26.3 Å². The predicted molar refractivity (Wildman–Crippen MR) is 53.6 cm³/mol. The molecule has 2 aromatic rings. The third-order valence-corrected chi connectivity index (χ3v) is 2.41. The van der Waals surface area contributed by atoms with E-state index in [9.17, 15) is 26.3 Å². The van der Waals surface area contributed by atoms with Crippen molar-refractivity contribution in [3.63, 3.8) is 0 Å². The number of nitrogens with zero attached hydrogens (tertiary/aromatic N) is 3. The summed E-state index contributed by atoms with van der Waals surface area (Å²) in [5.41, 5.74) is -1.79. The largest absolute Gasteiger partial charge is 0.435 e. The Morgan fingerprint density at radius 1 is 1.16 bits per heavy atom. The molecule has 0 atom stereocenters. The number of pyridine rings is 1. The van der Waals surface area contributed by atoms with Crippen molar-refractivity contribution in [3.8, 4) is 0 Å². The van der Waals surface area contributed by atoms with Crippen molar-refractivity contribution in [1.29, 1.82) is 0 Å². The van der Waals surface area contributed by atoms with Crippen LogP contribution in [0.5, 0.6) is 0 Å². The lowest BCUT2D eigenvalue weighted by atomic mass is 10.2. The molecule has 0 spiro atoms. The molecule has 10 heteroatoms. The molecule has 3 nitrogen and oxygen atoms in total. The molecule has 2 heterocycles. The quantitative estimate of drug-likeness (QED) is 0.594. The second-order valence-electron chi connectivity index (χ2n) is 3.64. The molecule has 0 aliphatic rings. The highest BCUT2D eigenvalue weighted by molar-refractivity contribution is 6.30. The Morgan fingerprint density at radius 3 is 2.32 bits per heavy atom. The topological polar surface area (TPSA) is 30.7 Å². The van der Waals surface area contributed by atoms with Gasteiger partial charge in [0, 0.05) is 12.3 Å². The average Bonchev–Trinajstić information content (AvgIpc) is 2.54. The van der Waals surface area contributed by atoms with Crippen molar-refractivity contribution in [2.45, 2.75) is 18.9 Å². The molecule has 19 heavy (non-hydrogen) atoms. The predicted octanol–water partition coefficient (Wildman–Crippen LogP) is 3.67. The fourth-order valence-corrected chi connectivity index (χ4v) is 1.70. The van der Waals surface area contributed by atoms with Crippen molar-refractivity contribution in [1.82, 2.24) is 14.8 Å². The van der Waals surface area contributed by atoms with Crippen LogP contribution in [-0.2, 0) is 12.7 Å². The standard InChI is InChI=1S/C9H4ClF6N3/c10-6-1-5-4(2-17-6)7(9(14,15)16)18-19(5)3-8(11,12)13/h1-2H,3H2. The monoisotopic (exact) mass is 303 g/mol. The summed E-state index contributed by atoms with van der Waals surface area (Å²) in [6, 6.07) is 0.908. The van der Waals surface area contributed by atoms with E-state index < -0.39 is 30.0 Å². The Hall–Kier alpha value is -1.51. The van der Waals surface area contributed by atoms with Gasteiger partial charge in [0.15, 0.2) is 5.69 Å². The van der Waals surface area contributed by atoms with Gasteiger partial charge in [0.25, 0.3) is 0 Å². The van der Waals surface area contributed by atoms with Crippen LogP contribution >= 0.6 is 11.6 Å². The Kier molecular flexibility index (Phi) is 3.12. The van der Waals surface area contributed by atoms with Crippen LogP contribution < -0.4 is 0 Å². The molecule has 0 radical (unpaired) electrons. The van der Waals surface area contributed by atoms with Crippen LogP contribution in [0.25, 0.3) is 10.9 Å². The van der Waals surface area contributed by atoms with Crippen molar-refractivity contribution in [2.75, 3.05) is 0 Å². The van der Waals surface area contributed by atoms with Crippen molar-refractivity contribution in [2.24, 2.45) is 0 Å². The number of alkyl halides is 6. The summed E-state index contributed by atoms with van der Waals surface area (Å²) in [5.74, 6) is 0. The Balaban J connectivity index is 2.67. The van der Waals surface area contributed by atoms with Crippen LogP contribution in [0.15, 0.2) is 12.3 Å². The third kappa shape index (κ3) is 2.91. The molecular weight excluding hydrogens is 300 g/mol. The van der Waals surface area contributed by atoms with E-state index in [2.05, 4.69) is 10.1 Å². The van der Waals surface area contributed by atoms with Crippen LogP contribution in [0, 0.1) is 0 Å². The van der Waals surface area contributed by atoms with E-state index in [4.69, 9.17) is 11.6 Å². The summed E-state index contributed by atoms with van der Waals surface area (Å²) in [4.78, 5) is 3.42. The minimum absolute atomic E-state index is 0.214. The van der Waals surface area contributed by atoms with Gasteiger partial charge < -0.3 is 0 Å². The van der Waals surface area contributed by atoms with Crippen molar-refractivity contribution in [3.05, 3.63) is 23.1 Å². The normalized spacial score (nSPS) is 13.2. The molecule has 0 aliphatic heterocycles. The summed E-state index contributed by atoms with van der Waals surface area (Å²) >= 11 is 5.47. The highest BCUT2D eigenvalue weighted by Crippen LogP contribution is 2.35. The molecule has 0 aromatic carbocycles. The molecule has 0 bridgehead atoms. The maximum atomic E-state index is 12.6. The van der Waals surface area contributed by atoms with E-state index in [1.54, 1.807) is 0 Å². The Morgan fingerprint density at radius 2 is 1.79 bits per heavy atom. The van der Waals surface area contributed by atoms with Gasteiger partial charge >= 0.3 is 12.4 Å². The van der Waals surface area contributed by atoms with E-state index in [0.29, 0.717) is 0 Å². The number of hydrogen-bond donors (Lipinski definition) is 0. The molecule has 104 valence electrons. The summed E-state index contributed by atoms with van der Waals surface area (Å²) < 4.78 is 75.0. The lowest BCUT2D eigenvalue weighted by molar-refractivity contribution is -0.148. The smallest absolute Gasteiger partial charge is 0.255 e. The van der Waals surface area contributed by atoms with Crippen LogP contribution in [-0.4, -0.2) is 20.9 Å². The van der Waals surface area contributed by atoms with Crippen LogP contribution in [0.4, 0.5) is 26.3 Å². The Bertz CT molecular complexity index is 615. The highest BCUT2D eigenvalue weighted by Gasteiger charge is 2.38. The van der Waals surface area contributed by atoms with Crippen LogP contribution in [0.1, 0.15) is 5.69 Å². The zero-order valence-corrected chi connectivity index (χ0v) is 9.61. The molecule has 0 amide bonds. The SMILES string of the molecule is FC(F)(F)Cn1nc(C(F)(F)F)c2cnc(Cl)cc21. The molecule has 0 N–H and O–H groups in total. The number of hydrogen-bond acceptors (Lipinski definition) is 2. The maximum Gasteiger partial charge on any atom is 0.435 e. The molecule has 2 aromatic heterocycles. The number of halogens is 7. The van der Waals surface area contributed by atoms with Gasteiger partial charge in [-0.05, 0) is 0 Å². The number of fused-ring (bicyclic) bond motifs is 1. The van der Waals surface area contributed by atoms with Crippen LogP contribution in [0.3, 0.4) is 0 Å². The second kappa shape index (κ2) is 4.26. The van der Waals surface area contributed by atoms with Gasteiger partial charge in [-0.1, -0.05) is 11.6 Å². The third-order valence-electron chi connectivity index (χ3n) is 2.20. The molecule has 0 unspecified atom stereocenters. The fourth-order valence-electron chi connectivity index (χ4n) is 1.54. The zero-order valence-electron chi connectivity index (χ0n) is 8.85. The summed E-state index contributed by atoms with van der Waals surface area (Å²) in [5, 5.41) is 2.22. The van der Waals surface area contributed by atoms with E-state index in [0.717, 1.165) is 12.3 Å². The minimum atomic E-state index is -4.87. The number of rotatable bonds is 1. The van der Waals surface area contributed by atoms with Gasteiger partial charge in [-0.25, -0.2) is 4.98 Å². The second-order valence-corrected chi connectivity index (χ2v) is 4.03. The molecule has 0 aliphatic carbocycles. The van der Waals surface area contributed by atoms with Gasteiger partial charge in [-0.3, -0.25) is 4.68 Å². The van der Waals surface area contributed by atoms with E-state index in [1.807, 2.05) is 0 Å².